The summed E-state index contributed by atoms with van der Waals surface area (Å²) in [4.78, 5) is 21.9. The summed E-state index contributed by atoms with van der Waals surface area (Å²) in [6.45, 7) is 4.56. The first-order valence-electron chi connectivity index (χ1n) is 5.67. The van der Waals surface area contributed by atoms with E-state index in [4.69, 9.17) is 11.6 Å². The highest BCUT2D eigenvalue weighted by atomic mass is 35.5. The second-order valence-corrected chi connectivity index (χ2v) is 4.55. The van der Waals surface area contributed by atoms with Gasteiger partial charge in [0.25, 0.3) is 11.6 Å². The quantitative estimate of drug-likeness (QED) is 0.660. The summed E-state index contributed by atoms with van der Waals surface area (Å²) < 4.78 is 0. The molecule has 1 N–H and O–H groups in total. The van der Waals surface area contributed by atoms with Crippen molar-refractivity contribution in [3.05, 3.63) is 38.9 Å². The molecule has 5 nitrogen and oxygen atoms in total. The number of amides is 1. The zero-order valence-electron chi connectivity index (χ0n) is 10.3. The number of nitrogens with zero attached hydrogens (tertiary/aromatic N) is 1. The molecule has 0 saturated heterocycles. The third kappa shape index (κ3) is 3.70. The minimum absolute atomic E-state index is 0.133. The third-order valence-corrected chi connectivity index (χ3v) is 3.04. The summed E-state index contributed by atoms with van der Waals surface area (Å²) in [5.74, 6) is -0.0320. The molecule has 0 bridgehead atoms. The number of hydrogen-bond acceptors (Lipinski definition) is 3. The van der Waals surface area contributed by atoms with Gasteiger partial charge in [-0.2, -0.15) is 0 Å². The van der Waals surface area contributed by atoms with Crippen LogP contribution in [-0.2, 0) is 0 Å². The van der Waals surface area contributed by atoms with Crippen LogP contribution in [0.15, 0.2) is 18.2 Å². The lowest BCUT2D eigenvalue weighted by atomic mass is 10.1. The molecule has 18 heavy (non-hydrogen) atoms. The molecule has 0 aliphatic carbocycles. The highest BCUT2D eigenvalue weighted by Crippen LogP contribution is 2.21. The van der Waals surface area contributed by atoms with Gasteiger partial charge in [0.2, 0.25) is 0 Å². The Hall–Kier alpha value is -1.62. The van der Waals surface area contributed by atoms with Gasteiger partial charge in [-0.15, -0.1) is 0 Å². The molecule has 1 amide bonds. The molecular weight excluding hydrogens is 256 g/mol. The van der Waals surface area contributed by atoms with Gasteiger partial charge >= 0.3 is 0 Å². The van der Waals surface area contributed by atoms with Crippen LogP contribution in [0.5, 0.6) is 0 Å². The number of rotatable bonds is 5. The maximum Gasteiger partial charge on any atom is 0.270 e. The van der Waals surface area contributed by atoms with Crippen molar-refractivity contribution in [1.29, 1.82) is 0 Å². The van der Waals surface area contributed by atoms with Crippen LogP contribution in [0.1, 0.15) is 30.6 Å². The smallest absolute Gasteiger partial charge is 0.270 e. The van der Waals surface area contributed by atoms with Crippen LogP contribution in [0, 0.1) is 16.0 Å². The molecule has 0 aliphatic heterocycles. The zero-order chi connectivity index (χ0) is 13.7. The van der Waals surface area contributed by atoms with E-state index in [1.165, 1.54) is 18.2 Å². The van der Waals surface area contributed by atoms with E-state index in [-0.39, 0.29) is 22.2 Å². The summed E-state index contributed by atoms with van der Waals surface area (Å²) in [5, 5.41) is 13.6. The van der Waals surface area contributed by atoms with E-state index >= 15 is 0 Å². The van der Waals surface area contributed by atoms with Crippen LogP contribution in [0.25, 0.3) is 0 Å². The predicted molar refractivity (Wildman–Crippen MR) is 69.9 cm³/mol. The monoisotopic (exact) mass is 270 g/mol. The number of nitro benzene ring substituents is 1. The molecule has 6 heteroatoms. The normalized spacial score (nSPS) is 11.9. The maximum absolute atomic E-state index is 11.8. The first-order valence-corrected chi connectivity index (χ1v) is 6.05. The Balaban J connectivity index is 2.84. The van der Waals surface area contributed by atoms with Crippen LogP contribution in [0.2, 0.25) is 5.02 Å². The minimum atomic E-state index is -0.554. The molecule has 0 radical (unpaired) electrons. The molecule has 1 unspecified atom stereocenters. The van der Waals surface area contributed by atoms with E-state index in [0.29, 0.717) is 12.5 Å². The number of nitro groups is 1. The van der Waals surface area contributed by atoms with E-state index in [0.717, 1.165) is 6.42 Å². The molecule has 0 spiro atoms. The van der Waals surface area contributed by atoms with Crippen LogP contribution in [0.4, 0.5) is 5.69 Å². The number of nitrogens with one attached hydrogen (secondary N) is 1. The number of carbonyl (C=O) groups excluding carboxylic acids is 1. The molecular formula is C12H15ClN2O3. The highest BCUT2D eigenvalue weighted by Gasteiger charge is 2.15. The predicted octanol–water partition coefficient (Wildman–Crippen LogP) is 3.02. The van der Waals surface area contributed by atoms with Crippen LogP contribution in [0.3, 0.4) is 0 Å². The number of halogens is 1. The van der Waals surface area contributed by atoms with Gasteiger partial charge in [-0.1, -0.05) is 31.9 Å². The van der Waals surface area contributed by atoms with Crippen molar-refractivity contribution < 1.29 is 9.72 Å². The molecule has 0 aliphatic rings. The van der Waals surface area contributed by atoms with Crippen molar-refractivity contribution in [3.8, 4) is 0 Å². The van der Waals surface area contributed by atoms with Gasteiger partial charge < -0.3 is 5.32 Å². The summed E-state index contributed by atoms with van der Waals surface area (Å²) in [6, 6.07) is 3.82. The highest BCUT2D eigenvalue weighted by molar-refractivity contribution is 6.33. The fourth-order valence-corrected chi connectivity index (χ4v) is 1.51. The average molecular weight is 271 g/mol. The van der Waals surface area contributed by atoms with E-state index in [1.54, 1.807) is 0 Å². The summed E-state index contributed by atoms with van der Waals surface area (Å²) in [7, 11) is 0. The second-order valence-electron chi connectivity index (χ2n) is 4.14. The Morgan fingerprint density at radius 2 is 2.22 bits per heavy atom. The summed E-state index contributed by atoms with van der Waals surface area (Å²) in [5.41, 5.74) is -0.0118. The van der Waals surface area contributed by atoms with E-state index in [1.807, 2.05) is 13.8 Å². The van der Waals surface area contributed by atoms with Crippen molar-refractivity contribution in [2.24, 2.45) is 5.92 Å². The van der Waals surface area contributed by atoms with Crippen molar-refractivity contribution in [1.82, 2.24) is 5.32 Å². The Bertz CT molecular complexity index is 463. The Labute approximate surface area is 110 Å². The summed E-state index contributed by atoms with van der Waals surface area (Å²) >= 11 is 5.86. The minimum Gasteiger partial charge on any atom is -0.352 e. The molecule has 1 atom stereocenters. The number of benzene rings is 1. The van der Waals surface area contributed by atoms with E-state index in [9.17, 15) is 14.9 Å². The first-order chi connectivity index (χ1) is 8.45. The van der Waals surface area contributed by atoms with E-state index < -0.39 is 4.92 Å². The molecule has 0 fully saturated rings. The molecule has 1 aromatic carbocycles. The SMILES string of the molecule is CCC(C)CNC(=O)c1cc([N+](=O)[O-])ccc1Cl. The second kappa shape index (κ2) is 6.35. The van der Waals surface area contributed by atoms with Gasteiger partial charge in [0.15, 0.2) is 0 Å². The fraction of sp³-hybridized carbons (Fsp3) is 0.417. The van der Waals surface area contributed by atoms with Crippen LogP contribution < -0.4 is 5.32 Å². The van der Waals surface area contributed by atoms with Crippen molar-refractivity contribution in [2.45, 2.75) is 20.3 Å². The zero-order valence-corrected chi connectivity index (χ0v) is 11.0. The standard InChI is InChI=1S/C12H15ClN2O3/c1-3-8(2)7-14-12(16)10-6-9(15(17)18)4-5-11(10)13/h4-6,8H,3,7H2,1-2H3,(H,14,16). The first kappa shape index (κ1) is 14.4. The fourth-order valence-electron chi connectivity index (χ4n) is 1.31. The topological polar surface area (TPSA) is 72.2 Å². The maximum atomic E-state index is 11.8. The average Bonchev–Trinajstić information content (AvgIpc) is 2.35. The van der Waals surface area contributed by atoms with Gasteiger partial charge in [0, 0.05) is 18.7 Å². The number of non-ortho nitro benzene ring substituents is 1. The van der Waals surface area contributed by atoms with Crippen LogP contribution in [-0.4, -0.2) is 17.4 Å². The Morgan fingerprint density at radius 3 is 2.78 bits per heavy atom. The van der Waals surface area contributed by atoms with Gasteiger partial charge in [-0.3, -0.25) is 14.9 Å². The largest absolute Gasteiger partial charge is 0.352 e. The summed E-state index contributed by atoms with van der Waals surface area (Å²) in [6.07, 6.45) is 0.947. The molecule has 1 rings (SSSR count). The Morgan fingerprint density at radius 1 is 1.56 bits per heavy atom. The third-order valence-electron chi connectivity index (χ3n) is 2.71. The molecule has 0 saturated carbocycles. The van der Waals surface area contributed by atoms with Gasteiger partial charge in [-0.25, -0.2) is 0 Å². The number of hydrogen-bond donors (Lipinski definition) is 1. The molecule has 98 valence electrons. The lowest BCUT2D eigenvalue weighted by Gasteiger charge is -2.10. The van der Waals surface area contributed by atoms with Gasteiger partial charge in [-0.05, 0) is 12.0 Å². The molecule has 0 heterocycles. The van der Waals surface area contributed by atoms with Crippen molar-refractivity contribution in [3.63, 3.8) is 0 Å². The van der Waals surface area contributed by atoms with Gasteiger partial charge in [0.1, 0.15) is 0 Å². The lowest BCUT2D eigenvalue weighted by Crippen LogP contribution is -2.28. The van der Waals surface area contributed by atoms with Gasteiger partial charge in [0.05, 0.1) is 15.5 Å². The number of carbonyl (C=O) groups is 1. The van der Waals surface area contributed by atoms with Crippen LogP contribution >= 0.6 is 11.6 Å². The van der Waals surface area contributed by atoms with Crippen molar-refractivity contribution >= 4 is 23.2 Å². The molecule has 1 aromatic rings. The molecule has 0 aromatic heterocycles. The van der Waals surface area contributed by atoms with Crippen molar-refractivity contribution in [2.75, 3.05) is 6.54 Å². The lowest BCUT2D eigenvalue weighted by molar-refractivity contribution is -0.384. The van der Waals surface area contributed by atoms with E-state index in [2.05, 4.69) is 5.32 Å². The Kier molecular flexibility index (Phi) is 5.09.